The van der Waals surface area contributed by atoms with Crippen LogP contribution in [0.4, 0.5) is 5.69 Å². The number of benzene rings is 2. The first-order valence-electron chi connectivity index (χ1n) is 7.96. The van der Waals surface area contributed by atoms with Gasteiger partial charge in [-0.3, -0.25) is 9.52 Å². The van der Waals surface area contributed by atoms with Crippen LogP contribution in [0.3, 0.4) is 0 Å². The number of amides is 1. The van der Waals surface area contributed by atoms with E-state index in [1.54, 1.807) is 53.1 Å². The highest BCUT2D eigenvalue weighted by Crippen LogP contribution is 2.26. The van der Waals surface area contributed by atoms with E-state index in [0.717, 1.165) is 11.1 Å². The molecule has 6 heteroatoms. The van der Waals surface area contributed by atoms with Gasteiger partial charge < -0.3 is 4.90 Å². The molecule has 0 saturated heterocycles. The number of aryl methyl sites for hydroxylation is 4. The van der Waals surface area contributed by atoms with Crippen LogP contribution in [-0.4, -0.2) is 33.3 Å². The van der Waals surface area contributed by atoms with E-state index in [0.29, 0.717) is 22.4 Å². The van der Waals surface area contributed by atoms with Gasteiger partial charge in [-0.1, -0.05) is 23.8 Å². The summed E-state index contributed by atoms with van der Waals surface area (Å²) in [6, 6.07) is 8.70. The number of rotatable bonds is 4. The summed E-state index contributed by atoms with van der Waals surface area (Å²) in [5.74, 6) is -0.178. The van der Waals surface area contributed by atoms with Gasteiger partial charge in [-0.25, -0.2) is 8.42 Å². The minimum absolute atomic E-state index is 0.178. The zero-order valence-corrected chi connectivity index (χ0v) is 16.3. The van der Waals surface area contributed by atoms with Crippen LogP contribution in [-0.2, 0) is 10.0 Å². The predicted molar refractivity (Wildman–Crippen MR) is 101 cm³/mol. The molecule has 0 saturated carbocycles. The Morgan fingerprint density at radius 2 is 1.48 bits per heavy atom. The lowest BCUT2D eigenvalue weighted by Crippen LogP contribution is -2.22. The summed E-state index contributed by atoms with van der Waals surface area (Å²) in [5.41, 5.74) is 4.01. The van der Waals surface area contributed by atoms with Crippen LogP contribution in [0, 0.1) is 27.7 Å². The van der Waals surface area contributed by atoms with Crippen LogP contribution in [0.25, 0.3) is 0 Å². The highest BCUT2D eigenvalue weighted by atomic mass is 32.2. The Morgan fingerprint density at radius 3 is 2.00 bits per heavy atom. The molecule has 2 aromatic carbocycles. The third kappa shape index (κ3) is 4.02. The molecule has 2 aromatic rings. The zero-order chi connectivity index (χ0) is 18.9. The standard InChI is InChI=1S/C19H24N2O3S/c1-12-9-14(3)18(15(4)10-12)25(23,24)20-17-11-16(8-7-13(17)2)19(22)21(5)6/h7-11,20H,1-6H3. The quantitative estimate of drug-likeness (QED) is 0.908. The van der Waals surface area contributed by atoms with Crippen molar-refractivity contribution in [1.82, 2.24) is 4.90 Å². The van der Waals surface area contributed by atoms with Crippen molar-refractivity contribution in [3.8, 4) is 0 Å². The van der Waals surface area contributed by atoms with E-state index in [2.05, 4.69) is 4.72 Å². The van der Waals surface area contributed by atoms with Crippen LogP contribution in [0.15, 0.2) is 35.2 Å². The SMILES string of the molecule is Cc1cc(C)c(S(=O)(=O)Nc2cc(C(=O)N(C)C)ccc2C)c(C)c1. The summed E-state index contributed by atoms with van der Waals surface area (Å²) in [6.07, 6.45) is 0. The van der Waals surface area contributed by atoms with Crippen LogP contribution >= 0.6 is 0 Å². The molecule has 0 heterocycles. The first-order chi connectivity index (χ1) is 11.5. The van der Waals surface area contributed by atoms with Crippen molar-refractivity contribution in [2.45, 2.75) is 32.6 Å². The summed E-state index contributed by atoms with van der Waals surface area (Å²) >= 11 is 0. The van der Waals surface area contributed by atoms with Crippen molar-refractivity contribution < 1.29 is 13.2 Å². The summed E-state index contributed by atoms with van der Waals surface area (Å²) in [4.78, 5) is 13.9. The minimum atomic E-state index is -3.75. The van der Waals surface area contributed by atoms with Gasteiger partial charge in [0.05, 0.1) is 10.6 Å². The van der Waals surface area contributed by atoms with Crippen molar-refractivity contribution in [3.63, 3.8) is 0 Å². The Balaban J connectivity index is 2.49. The molecule has 134 valence electrons. The fourth-order valence-corrected chi connectivity index (χ4v) is 4.49. The van der Waals surface area contributed by atoms with Gasteiger partial charge in [-0.2, -0.15) is 0 Å². The molecular weight excluding hydrogens is 336 g/mol. The molecule has 0 aliphatic heterocycles. The largest absolute Gasteiger partial charge is 0.345 e. The van der Waals surface area contributed by atoms with Crippen molar-refractivity contribution in [1.29, 1.82) is 0 Å². The predicted octanol–water partition coefficient (Wildman–Crippen LogP) is 3.42. The summed E-state index contributed by atoms with van der Waals surface area (Å²) in [7, 11) is -0.436. The van der Waals surface area contributed by atoms with E-state index in [-0.39, 0.29) is 10.8 Å². The number of nitrogens with one attached hydrogen (secondary N) is 1. The summed E-state index contributed by atoms with van der Waals surface area (Å²) in [5, 5.41) is 0. The third-order valence-electron chi connectivity index (χ3n) is 4.01. The van der Waals surface area contributed by atoms with E-state index >= 15 is 0 Å². The average molecular weight is 360 g/mol. The topological polar surface area (TPSA) is 66.5 Å². The number of sulfonamides is 1. The molecule has 0 bridgehead atoms. The Labute approximate surface area is 149 Å². The smallest absolute Gasteiger partial charge is 0.262 e. The van der Waals surface area contributed by atoms with Crippen molar-refractivity contribution in [2.24, 2.45) is 0 Å². The Hall–Kier alpha value is -2.34. The van der Waals surface area contributed by atoms with E-state index in [9.17, 15) is 13.2 Å². The molecule has 0 aliphatic rings. The molecule has 25 heavy (non-hydrogen) atoms. The molecule has 0 aromatic heterocycles. The molecular formula is C19H24N2O3S. The first kappa shape index (κ1) is 19.0. The number of nitrogens with zero attached hydrogens (tertiary/aromatic N) is 1. The van der Waals surface area contributed by atoms with Gasteiger partial charge in [-0.05, 0) is 56.5 Å². The second-order valence-electron chi connectivity index (χ2n) is 6.56. The molecule has 1 amide bonds. The molecule has 0 spiro atoms. The maximum absolute atomic E-state index is 12.9. The van der Waals surface area contributed by atoms with Crippen molar-refractivity contribution >= 4 is 21.6 Å². The van der Waals surface area contributed by atoms with Gasteiger partial charge in [0.15, 0.2) is 0 Å². The fraction of sp³-hybridized carbons (Fsp3) is 0.316. The van der Waals surface area contributed by atoms with Crippen molar-refractivity contribution in [2.75, 3.05) is 18.8 Å². The fourth-order valence-electron chi connectivity index (χ4n) is 2.91. The van der Waals surface area contributed by atoms with Crippen molar-refractivity contribution in [3.05, 3.63) is 58.1 Å². The van der Waals surface area contributed by atoms with E-state index < -0.39 is 10.0 Å². The van der Waals surface area contributed by atoms with E-state index in [4.69, 9.17) is 0 Å². The second kappa shape index (κ2) is 6.88. The molecule has 5 nitrogen and oxygen atoms in total. The average Bonchev–Trinajstić information content (AvgIpc) is 2.46. The third-order valence-corrected chi connectivity index (χ3v) is 5.68. The first-order valence-corrected chi connectivity index (χ1v) is 9.44. The Morgan fingerprint density at radius 1 is 0.920 bits per heavy atom. The van der Waals surface area contributed by atoms with Crippen LogP contribution < -0.4 is 4.72 Å². The van der Waals surface area contributed by atoms with Gasteiger partial charge in [0.1, 0.15) is 0 Å². The Kier molecular flexibility index (Phi) is 5.23. The highest BCUT2D eigenvalue weighted by Gasteiger charge is 2.21. The normalized spacial score (nSPS) is 11.3. The molecule has 0 atom stereocenters. The van der Waals surface area contributed by atoms with Gasteiger partial charge in [-0.15, -0.1) is 0 Å². The highest BCUT2D eigenvalue weighted by molar-refractivity contribution is 7.92. The maximum atomic E-state index is 12.9. The van der Waals surface area contributed by atoms with Gasteiger partial charge in [0, 0.05) is 19.7 Å². The van der Waals surface area contributed by atoms with Gasteiger partial charge in [0.2, 0.25) is 0 Å². The minimum Gasteiger partial charge on any atom is -0.345 e. The lowest BCUT2D eigenvalue weighted by molar-refractivity contribution is 0.0827. The molecule has 0 unspecified atom stereocenters. The van der Waals surface area contributed by atoms with Crippen LogP contribution in [0.5, 0.6) is 0 Å². The van der Waals surface area contributed by atoms with Gasteiger partial charge >= 0.3 is 0 Å². The maximum Gasteiger partial charge on any atom is 0.262 e. The molecule has 0 aliphatic carbocycles. The summed E-state index contributed by atoms with van der Waals surface area (Å²) in [6.45, 7) is 7.31. The zero-order valence-electron chi connectivity index (χ0n) is 15.5. The van der Waals surface area contributed by atoms with E-state index in [1.165, 1.54) is 4.90 Å². The number of carbonyl (C=O) groups excluding carboxylic acids is 1. The number of hydrogen-bond acceptors (Lipinski definition) is 3. The number of hydrogen-bond donors (Lipinski definition) is 1. The van der Waals surface area contributed by atoms with Gasteiger partial charge in [0.25, 0.3) is 15.9 Å². The van der Waals surface area contributed by atoms with Crippen LogP contribution in [0.2, 0.25) is 0 Å². The van der Waals surface area contributed by atoms with Crippen LogP contribution in [0.1, 0.15) is 32.6 Å². The molecule has 0 radical (unpaired) electrons. The summed E-state index contributed by atoms with van der Waals surface area (Å²) < 4.78 is 28.5. The lowest BCUT2D eigenvalue weighted by Gasteiger charge is -2.17. The Bertz CT molecular complexity index is 909. The monoisotopic (exact) mass is 360 g/mol. The lowest BCUT2D eigenvalue weighted by atomic mass is 10.1. The number of anilines is 1. The molecule has 1 N–H and O–H groups in total. The molecule has 2 rings (SSSR count). The second-order valence-corrected chi connectivity index (χ2v) is 8.18. The number of carbonyl (C=O) groups is 1. The molecule has 0 fully saturated rings. The van der Waals surface area contributed by atoms with E-state index in [1.807, 2.05) is 19.1 Å².